The minimum atomic E-state index is 0.737. The highest BCUT2D eigenvalue weighted by Gasteiger charge is 2.17. The molecule has 0 bridgehead atoms. The second-order valence-corrected chi connectivity index (χ2v) is 5.89. The fourth-order valence-corrected chi connectivity index (χ4v) is 2.84. The summed E-state index contributed by atoms with van der Waals surface area (Å²) in [5.41, 5.74) is 2.30. The lowest BCUT2D eigenvalue weighted by Crippen LogP contribution is -2.34. The molecule has 0 saturated carbocycles. The van der Waals surface area contributed by atoms with Crippen molar-refractivity contribution < 1.29 is 0 Å². The van der Waals surface area contributed by atoms with Gasteiger partial charge >= 0.3 is 0 Å². The summed E-state index contributed by atoms with van der Waals surface area (Å²) in [5.74, 6) is 2.61. The van der Waals surface area contributed by atoms with Crippen molar-refractivity contribution >= 4 is 17.3 Å². The number of rotatable bonds is 3. The van der Waals surface area contributed by atoms with Gasteiger partial charge in [0.25, 0.3) is 0 Å². The van der Waals surface area contributed by atoms with Gasteiger partial charge in [-0.05, 0) is 37.3 Å². The van der Waals surface area contributed by atoms with Gasteiger partial charge in [0.1, 0.15) is 18.0 Å². The number of hydrogen-bond acceptors (Lipinski definition) is 4. The summed E-state index contributed by atoms with van der Waals surface area (Å²) < 4.78 is 0. The summed E-state index contributed by atoms with van der Waals surface area (Å²) in [6.45, 7) is 6.57. The SMILES string of the molecule is Cc1ccccc1Nc1cc(N2CCCC(C)C2)ncn1. The molecule has 1 aliphatic heterocycles. The zero-order valence-corrected chi connectivity index (χ0v) is 12.7. The molecule has 4 heteroatoms. The summed E-state index contributed by atoms with van der Waals surface area (Å²) in [6, 6.07) is 10.3. The molecule has 1 aromatic heterocycles. The number of nitrogens with one attached hydrogen (secondary N) is 1. The van der Waals surface area contributed by atoms with Crippen LogP contribution in [0.4, 0.5) is 17.3 Å². The van der Waals surface area contributed by atoms with E-state index in [0.29, 0.717) is 0 Å². The Morgan fingerprint density at radius 1 is 1.24 bits per heavy atom. The zero-order chi connectivity index (χ0) is 14.7. The fourth-order valence-electron chi connectivity index (χ4n) is 2.84. The lowest BCUT2D eigenvalue weighted by atomic mass is 10.0. The van der Waals surface area contributed by atoms with Crippen molar-refractivity contribution in [2.45, 2.75) is 26.7 Å². The molecule has 4 nitrogen and oxygen atoms in total. The Bertz CT molecular complexity index is 611. The maximum atomic E-state index is 4.44. The molecule has 0 spiro atoms. The predicted molar refractivity (Wildman–Crippen MR) is 87.1 cm³/mol. The van der Waals surface area contributed by atoms with Crippen LogP contribution < -0.4 is 10.2 Å². The van der Waals surface area contributed by atoms with E-state index in [-0.39, 0.29) is 0 Å². The Morgan fingerprint density at radius 2 is 2.10 bits per heavy atom. The van der Waals surface area contributed by atoms with Gasteiger partial charge in [-0.3, -0.25) is 0 Å². The zero-order valence-electron chi connectivity index (χ0n) is 12.7. The average molecular weight is 282 g/mol. The fraction of sp³-hybridized carbons (Fsp3) is 0.412. The highest BCUT2D eigenvalue weighted by molar-refractivity contribution is 5.62. The summed E-state index contributed by atoms with van der Waals surface area (Å²) in [5, 5.41) is 3.39. The molecule has 3 rings (SSSR count). The van der Waals surface area contributed by atoms with E-state index in [4.69, 9.17) is 0 Å². The largest absolute Gasteiger partial charge is 0.356 e. The lowest BCUT2D eigenvalue weighted by molar-refractivity contribution is 0.444. The van der Waals surface area contributed by atoms with Crippen molar-refractivity contribution in [2.24, 2.45) is 5.92 Å². The molecule has 1 N–H and O–H groups in total. The van der Waals surface area contributed by atoms with E-state index in [2.05, 4.69) is 46.2 Å². The lowest BCUT2D eigenvalue weighted by Gasteiger charge is -2.31. The highest BCUT2D eigenvalue weighted by Crippen LogP contribution is 2.24. The van der Waals surface area contributed by atoms with Crippen LogP contribution in [0.15, 0.2) is 36.7 Å². The standard InChI is InChI=1S/C17H22N4/c1-13-6-5-9-21(11-13)17-10-16(18-12-19-17)20-15-8-4-3-7-14(15)2/h3-4,7-8,10,12-13H,5-6,9,11H2,1-2H3,(H,18,19,20). The molecule has 110 valence electrons. The number of para-hydroxylation sites is 1. The monoisotopic (exact) mass is 282 g/mol. The number of aryl methyl sites for hydroxylation is 1. The van der Waals surface area contributed by atoms with Crippen molar-refractivity contribution in [3.8, 4) is 0 Å². The summed E-state index contributed by atoms with van der Waals surface area (Å²) in [7, 11) is 0. The molecule has 0 radical (unpaired) electrons. The Hall–Kier alpha value is -2.10. The van der Waals surface area contributed by atoms with E-state index in [1.54, 1.807) is 6.33 Å². The second-order valence-electron chi connectivity index (χ2n) is 5.89. The van der Waals surface area contributed by atoms with Gasteiger partial charge in [-0.2, -0.15) is 0 Å². The van der Waals surface area contributed by atoms with Crippen LogP contribution in [0.1, 0.15) is 25.3 Å². The third-order valence-corrected chi connectivity index (χ3v) is 4.04. The van der Waals surface area contributed by atoms with Crippen molar-refractivity contribution in [1.29, 1.82) is 0 Å². The first kappa shape index (κ1) is 13.9. The van der Waals surface area contributed by atoms with Gasteiger partial charge in [-0.25, -0.2) is 9.97 Å². The van der Waals surface area contributed by atoms with Crippen LogP contribution in [0, 0.1) is 12.8 Å². The summed E-state index contributed by atoms with van der Waals surface area (Å²) >= 11 is 0. The maximum absolute atomic E-state index is 4.44. The summed E-state index contributed by atoms with van der Waals surface area (Å²) in [4.78, 5) is 11.1. The van der Waals surface area contributed by atoms with Gasteiger partial charge in [0, 0.05) is 24.8 Å². The van der Waals surface area contributed by atoms with Crippen LogP contribution in [0.3, 0.4) is 0 Å². The first-order valence-corrected chi connectivity index (χ1v) is 7.62. The van der Waals surface area contributed by atoms with Gasteiger partial charge in [-0.1, -0.05) is 25.1 Å². The number of piperidine rings is 1. The van der Waals surface area contributed by atoms with Crippen LogP contribution in [-0.4, -0.2) is 23.1 Å². The van der Waals surface area contributed by atoms with Crippen LogP contribution in [0.5, 0.6) is 0 Å². The molecule has 1 saturated heterocycles. The van der Waals surface area contributed by atoms with Gasteiger partial charge in [0.15, 0.2) is 0 Å². The van der Waals surface area contributed by atoms with Gasteiger partial charge < -0.3 is 10.2 Å². The van der Waals surface area contributed by atoms with Crippen molar-refractivity contribution in [1.82, 2.24) is 9.97 Å². The Kier molecular flexibility index (Phi) is 4.04. The Morgan fingerprint density at radius 3 is 2.90 bits per heavy atom. The van der Waals surface area contributed by atoms with E-state index < -0.39 is 0 Å². The minimum Gasteiger partial charge on any atom is -0.356 e. The number of nitrogens with zero attached hydrogens (tertiary/aromatic N) is 3. The van der Waals surface area contributed by atoms with Gasteiger partial charge in [0.2, 0.25) is 0 Å². The van der Waals surface area contributed by atoms with E-state index in [1.807, 2.05) is 18.2 Å². The number of benzene rings is 1. The molecule has 2 aromatic rings. The maximum Gasteiger partial charge on any atom is 0.135 e. The molecular formula is C17H22N4. The minimum absolute atomic E-state index is 0.737. The molecule has 1 aliphatic rings. The number of anilines is 3. The average Bonchev–Trinajstić information content (AvgIpc) is 2.50. The van der Waals surface area contributed by atoms with Crippen molar-refractivity contribution in [3.63, 3.8) is 0 Å². The van der Waals surface area contributed by atoms with Crippen LogP contribution in [0.25, 0.3) is 0 Å². The Labute approximate surface area is 126 Å². The first-order valence-electron chi connectivity index (χ1n) is 7.62. The predicted octanol–water partition coefficient (Wildman–Crippen LogP) is 3.76. The van der Waals surface area contributed by atoms with E-state index >= 15 is 0 Å². The molecule has 1 fully saturated rings. The molecule has 0 amide bonds. The van der Waals surface area contributed by atoms with Crippen LogP contribution in [-0.2, 0) is 0 Å². The van der Waals surface area contributed by atoms with Crippen molar-refractivity contribution in [3.05, 3.63) is 42.2 Å². The topological polar surface area (TPSA) is 41.0 Å². The first-order chi connectivity index (χ1) is 10.2. The van der Waals surface area contributed by atoms with Crippen LogP contribution >= 0.6 is 0 Å². The van der Waals surface area contributed by atoms with Gasteiger partial charge in [-0.15, -0.1) is 0 Å². The molecule has 21 heavy (non-hydrogen) atoms. The smallest absolute Gasteiger partial charge is 0.135 e. The van der Waals surface area contributed by atoms with Crippen molar-refractivity contribution in [2.75, 3.05) is 23.3 Å². The molecule has 1 atom stereocenters. The molecule has 2 heterocycles. The molecule has 1 aromatic carbocycles. The van der Waals surface area contributed by atoms with E-state index in [9.17, 15) is 0 Å². The van der Waals surface area contributed by atoms with E-state index in [1.165, 1.54) is 18.4 Å². The third-order valence-electron chi connectivity index (χ3n) is 4.04. The normalized spacial score (nSPS) is 18.6. The van der Waals surface area contributed by atoms with E-state index in [0.717, 1.165) is 36.3 Å². The quantitative estimate of drug-likeness (QED) is 0.930. The molecule has 0 aliphatic carbocycles. The third kappa shape index (κ3) is 3.32. The second kappa shape index (κ2) is 6.12. The molecular weight excluding hydrogens is 260 g/mol. The van der Waals surface area contributed by atoms with Gasteiger partial charge in [0.05, 0.1) is 0 Å². The van der Waals surface area contributed by atoms with Crippen LogP contribution in [0.2, 0.25) is 0 Å². The number of hydrogen-bond donors (Lipinski definition) is 1. The highest BCUT2D eigenvalue weighted by atomic mass is 15.2. The number of aromatic nitrogens is 2. The Balaban J connectivity index is 1.78. The summed E-state index contributed by atoms with van der Waals surface area (Å²) in [6.07, 6.45) is 4.21. The molecule has 1 unspecified atom stereocenters.